The molecule has 3 aromatic heterocycles. The van der Waals surface area contributed by atoms with Crippen molar-refractivity contribution in [2.45, 2.75) is 59.2 Å². The number of aryl methyl sites for hydroxylation is 1. The van der Waals surface area contributed by atoms with E-state index in [2.05, 4.69) is 25.7 Å². The van der Waals surface area contributed by atoms with Gasteiger partial charge in [0, 0.05) is 23.8 Å². The summed E-state index contributed by atoms with van der Waals surface area (Å²) in [4.78, 5) is 33.6. The molecule has 0 aliphatic carbocycles. The van der Waals surface area contributed by atoms with Gasteiger partial charge in [0.1, 0.15) is 11.4 Å². The van der Waals surface area contributed by atoms with Gasteiger partial charge in [-0.05, 0) is 70.0 Å². The molecule has 1 aromatic carbocycles. The van der Waals surface area contributed by atoms with Crippen molar-refractivity contribution in [1.82, 2.24) is 19.7 Å². The summed E-state index contributed by atoms with van der Waals surface area (Å²) < 4.78 is 22.7. The molecule has 0 aliphatic rings. The number of hydrogen-bond acceptors (Lipinski definition) is 8. The van der Waals surface area contributed by atoms with Gasteiger partial charge in [-0.2, -0.15) is 5.10 Å². The topological polar surface area (TPSA) is 137 Å². The summed E-state index contributed by atoms with van der Waals surface area (Å²) in [5.74, 6) is -2.39. The fourth-order valence-electron chi connectivity index (χ4n) is 4.41. The molecule has 0 fully saturated rings. The van der Waals surface area contributed by atoms with Gasteiger partial charge in [0.25, 0.3) is 5.91 Å². The second-order valence-corrected chi connectivity index (χ2v) is 10.6. The average Bonchev–Trinajstić information content (AvgIpc) is 3.30. The molecule has 0 saturated carbocycles. The van der Waals surface area contributed by atoms with Crippen molar-refractivity contribution in [2.75, 3.05) is 10.6 Å². The minimum absolute atomic E-state index is 0.0586. The van der Waals surface area contributed by atoms with Crippen LogP contribution in [0, 0.1) is 11.7 Å². The molecular formula is C29H34FN7O3. The van der Waals surface area contributed by atoms with Crippen LogP contribution in [0.2, 0.25) is 0 Å². The molecule has 0 spiro atoms. The molecule has 0 saturated heterocycles. The molecule has 4 N–H and O–H groups in total. The largest absolute Gasteiger partial charge is 0.460 e. The van der Waals surface area contributed by atoms with Gasteiger partial charge in [-0.15, -0.1) is 0 Å². The molecular weight excluding hydrogens is 513 g/mol. The van der Waals surface area contributed by atoms with Crippen LogP contribution < -0.4 is 16.4 Å². The number of pyridine rings is 2. The lowest BCUT2D eigenvalue weighted by Gasteiger charge is -2.27. The standard InChI is InChI=1S/C29H34FN7O3/c1-6-37-23-11-10-19(14-18(23)16-33-37)34-27-20(26(31)39)15-21(30)28(36-27)35-25(22-9-7-8-12-32-22)17(2)13-24(38)40-29(3,4)5/h7-12,14-17,25H,6,13H2,1-5H3,(H2,31,39)(H2,34,35,36)/t17-,25+/m1/s1. The van der Waals surface area contributed by atoms with E-state index in [1.54, 1.807) is 51.4 Å². The molecule has 0 radical (unpaired) electrons. The van der Waals surface area contributed by atoms with Crippen LogP contribution in [-0.4, -0.2) is 37.2 Å². The fraction of sp³-hybridized carbons (Fsp3) is 0.345. The third-order valence-electron chi connectivity index (χ3n) is 6.22. The van der Waals surface area contributed by atoms with Gasteiger partial charge in [-0.3, -0.25) is 19.3 Å². The van der Waals surface area contributed by atoms with Crippen LogP contribution >= 0.6 is 0 Å². The monoisotopic (exact) mass is 547 g/mol. The SMILES string of the molecule is CCn1ncc2cc(Nc3nc(N[C@H](c4ccccn4)[C@H](C)CC(=O)OC(C)(C)C)c(F)cc3C(N)=O)ccc21. The van der Waals surface area contributed by atoms with Crippen LogP contribution in [0.1, 0.15) is 63.1 Å². The number of anilines is 3. The maximum absolute atomic E-state index is 15.3. The zero-order valence-electron chi connectivity index (χ0n) is 23.2. The summed E-state index contributed by atoms with van der Waals surface area (Å²) in [6.07, 6.45) is 3.42. The Morgan fingerprint density at radius 1 is 1.15 bits per heavy atom. The number of halogens is 1. The predicted octanol–water partition coefficient (Wildman–Crippen LogP) is 5.35. The molecule has 1 amide bonds. The van der Waals surface area contributed by atoms with Crippen LogP contribution in [0.3, 0.4) is 0 Å². The van der Waals surface area contributed by atoms with Crippen LogP contribution in [0.5, 0.6) is 0 Å². The molecule has 0 aliphatic heterocycles. The Bertz CT molecular complexity index is 1520. The van der Waals surface area contributed by atoms with Crippen molar-refractivity contribution in [3.05, 3.63) is 71.9 Å². The maximum Gasteiger partial charge on any atom is 0.306 e. The number of aromatic nitrogens is 4. The minimum Gasteiger partial charge on any atom is -0.460 e. The number of amides is 1. The Hall–Kier alpha value is -4.54. The van der Waals surface area contributed by atoms with E-state index in [0.717, 1.165) is 23.5 Å². The first-order valence-corrected chi connectivity index (χ1v) is 13.1. The molecule has 10 nitrogen and oxygen atoms in total. The lowest BCUT2D eigenvalue weighted by molar-refractivity contribution is -0.155. The van der Waals surface area contributed by atoms with Gasteiger partial charge in [0.05, 0.1) is 35.4 Å². The quantitative estimate of drug-likeness (QED) is 0.226. The van der Waals surface area contributed by atoms with Crippen molar-refractivity contribution in [3.8, 4) is 0 Å². The van der Waals surface area contributed by atoms with Gasteiger partial charge >= 0.3 is 5.97 Å². The minimum atomic E-state index is -0.833. The molecule has 40 heavy (non-hydrogen) atoms. The first-order chi connectivity index (χ1) is 18.9. The number of nitrogens with two attached hydrogens (primary N) is 1. The third-order valence-corrected chi connectivity index (χ3v) is 6.22. The number of hydrogen-bond donors (Lipinski definition) is 3. The highest BCUT2D eigenvalue weighted by atomic mass is 19.1. The Labute approximate surface area is 232 Å². The number of rotatable bonds is 10. The number of nitrogens with zero attached hydrogens (tertiary/aromatic N) is 4. The van der Waals surface area contributed by atoms with Crippen molar-refractivity contribution in [1.29, 1.82) is 0 Å². The Morgan fingerprint density at radius 2 is 1.93 bits per heavy atom. The Morgan fingerprint density at radius 3 is 2.58 bits per heavy atom. The smallest absolute Gasteiger partial charge is 0.306 e. The van der Waals surface area contributed by atoms with Crippen molar-refractivity contribution in [3.63, 3.8) is 0 Å². The maximum atomic E-state index is 15.3. The molecule has 4 aromatic rings. The van der Waals surface area contributed by atoms with Crippen molar-refractivity contribution < 1.29 is 18.7 Å². The molecule has 0 unspecified atom stereocenters. The van der Waals surface area contributed by atoms with Gasteiger partial charge in [0.2, 0.25) is 0 Å². The van der Waals surface area contributed by atoms with Crippen molar-refractivity contribution >= 4 is 40.1 Å². The van der Waals surface area contributed by atoms with E-state index in [1.165, 1.54) is 0 Å². The first kappa shape index (κ1) is 28.5. The van der Waals surface area contributed by atoms with E-state index in [1.807, 2.05) is 36.7 Å². The Balaban J connectivity index is 1.67. The van der Waals surface area contributed by atoms with Crippen LogP contribution in [0.25, 0.3) is 10.9 Å². The summed E-state index contributed by atoms with van der Waals surface area (Å²) in [6.45, 7) is 9.96. The van der Waals surface area contributed by atoms with E-state index >= 15 is 4.39 Å². The second kappa shape index (κ2) is 11.7. The van der Waals surface area contributed by atoms with Gasteiger partial charge in [-0.1, -0.05) is 13.0 Å². The van der Waals surface area contributed by atoms with Gasteiger partial charge in [-0.25, -0.2) is 9.37 Å². The first-order valence-electron chi connectivity index (χ1n) is 13.1. The number of nitrogens with one attached hydrogen (secondary N) is 2. The predicted molar refractivity (Wildman–Crippen MR) is 152 cm³/mol. The van der Waals surface area contributed by atoms with Crippen LogP contribution in [0.15, 0.2) is 54.9 Å². The van der Waals surface area contributed by atoms with E-state index < -0.39 is 23.4 Å². The third kappa shape index (κ3) is 6.71. The second-order valence-electron chi connectivity index (χ2n) is 10.6. The number of esters is 1. The van der Waals surface area contributed by atoms with Crippen LogP contribution in [-0.2, 0) is 16.1 Å². The number of fused-ring (bicyclic) bond motifs is 1. The van der Waals surface area contributed by atoms with Crippen LogP contribution in [0.4, 0.5) is 21.7 Å². The summed E-state index contributed by atoms with van der Waals surface area (Å²) >= 11 is 0. The highest BCUT2D eigenvalue weighted by Gasteiger charge is 2.28. The number of benzene rings is 1. The lowest BCUT2D eigenvalue weighted by atomic mass is 9.94. The highest BCUT2D eigenvalue weighted by molar-refractivity contribution is 5.99. The summed E-state index contributed by atoms with van der Waals surface area (Å²) in [5, 5.41) is 11.4. The zero-order chi connectivity index (χ0) is 29.0. The average molecular weight is 548 g/mol. The number of primary amides is 1. The number of carbonyl (C=O) groups is 2. The zero-order valence-corrected chi connectivity index (χ0v) is 23.2. The summed E-state index contributed by atoms with van der Waals surface area (Å²) in [5.41, 5.74) is 6.98. The highest BCUT2D eigenvalue weighted by Crippen LogP contribution is 2.31. The van der Waals surface area contributed by atoms with E-state index in [-0.39, 0.29) is 35.5 Å². The van der Waals surface area contributed by atoms with E-state index in [4.69, 9.17) is 10.5 Å². The summed E-state index contributed by atoms with van der Waals surface area (Å²) in [7, 11) is 0. The molecule has 0 bridgehead atoms. The van der Waals surface area contributed by atoms with Gasteiger partial charge < -0.3 is 21.1 Å². The normalized spacial score (nSPS) is 13.1. The van der Waals surface area contributed by atoms with E-state index in [9.17, 15) is 9.59 Å². The molecule has 210 valence electrons. The molecule has 2 atom stereocenters. The molecule has 3 heterocycles. The fourth-order valence-corrected chi connectivity index (χ4v) is 4.41. The molecule has 11 heteroatoms. The molecule has 4 rings (SSSR count). The van der Waals surface area contributed by atoms with Crippen molar-refractivity contribution in [2.24, 2.45) is 11.7 Å². The lowest BCUT2D eigenvalue weighted by Crippen LogP contribution is -2.28. The number of ether oxygens (including phenoxy) is 1. The van der Waals surface area contributed by atoms with E-state index in [0.29, 0.717) is 11.4 Å². The van der Waals surface area contributed by atoms with Gasteiger partial charge in [0.15, 0.2) is 11.6 Å². The summed E-state index contributed by atoms with van der Waals surface area (Å²) in [6, 6.07) is 11.4. The Kier molecular flexibility index (Phi) is 8.32. The number of carbonyl (C=O) groups excluding carboxylic acids is 2.